The van der Waals surface area contributed by atoms with Gasteiger partial charge in [-0.1, -0.05) is 41.9 Å². The van der Waals surface area contributed by atoms with E-state index in [0.717, 1.165) is 5.56 Å². The lowest BCUT2D eigenvalue weighted by molar-refractivity contribution is 0.0935. The van der Waals surface area contributed by atoms with Gasteiger partial charge in [-0.25, -0.2) is 4.39 Å². The van der Waals surface area contributed by atoms with Crippen molar-refractivity contribution in [2.45, 2.75) is 6.04 Å². The fourth-order valence-electron chi connectivity index (χ4n) is 3.05. The number of aromatic nitrogens is 2. The molecule has 156 valence electrons. The number of nitrogens with one attached hydrogen (secondary N) is 1. The van der Waals surface area contributed by atoms with E-state index in [1.165, 1.54) is 19.2 Å². The number of halogens is 2. The summed E-state index contributed by atoms with van der Waals surface area (Å²) in [4.78, 5) is 13.0. The molecular formula is C23H17ClFN3O3. The molecule has 1 N–H and O–H groups in total. The van der Waals surface area contributed by atoms with E-state index in [1.807, 2.05) is 30.3 Å². The molecule has 0 aliphatic heterocycles. The van der Waals surface area contributed by atoms with Gasteiger partial charge in [-0.2, -0.15) is 0 Å². The van der Waals surface area contributed by atoms with Crippen molar-refractivity contribution in [2.75, 3.05) is 7.11 Å². The van der Waals surface area contributed by atoms with Crippen LogP contribution in [0.1, 0.15) is 27.9 Å². The number of rotatable bonds is 6. The van der Waals surface area contributed by atoms with E-state index >= 15 is 0 Å². The lowest BCUT2D eigenvalue weighted by Gasteiger charge is -2.17. The van der Waals surface area contributed by atoms with E-state index < -0.39 is 17.8 Å². The van der Waals surface area contributed by atoms with Gasteiger partial charge in [0.15, 0.2) is 0 Å². The van der Waals surface area contributed by atoms with Crippen molar-refractivity contribution in [3.05, 3.63) is 101 Å². The zero-order chi connectivity index (χ0) is 21.8. The Kier molecular flexibility index (Phi) is 5.95. The van der Waals surface area contributed by atoms with Crippen molar-refractivity contribution < 1.29 is 18.3 Å². The van der Waals surface area contributed by atoms with Crippen LogP contribution in [0.5, 0.6) is 5.75 Å². The first-order valence-electron chi connectivity index (χ1n) is 9.34. The molecule has 1 amide bonds. The Bertz CT molecular complexity index is 1200. The number of carbonyl (C=O) groups excluding carboxylic acids is 1. The summed E-state index contributed by atoms with van der Waals surface area (Å²) in [7, 11) is 1.45. The van der Waals surface area contributed by atoms with Crippen molar-refractivity contribution in [3.8, 4) is 17.2 Å². The predicted molar refractivity (Wildman–Crippen MR) is 113 cm³/mol. The second kappa shape index (κ2) is 8.97. The van der Waals surface area contributed by atoms with E-state index in [0.29, 0.717) is 22.2 Å². The van der Waals surface area contributed by atoms with Crippen LogP contribution in [0.3, 0.4) is 0 Å². The van der Waals surface area contributed by atoms with Gasteiger partial charge in [0.05, 0.1) is 12.7 Å². The van der Waals surface area contributed by atoms with Gasteiger partial charge < -0.3 is 14.5 Å². The molecule has 0 bridgehead atoms. The molecule has 0 radical (unpaired) electrons. The van der Waals surface area contributed by atoms with Gasteiger partial charge in [-0.3, -0.25) is 4.79 Å². The zero-order valence-corrected chi connectivity index (χ0v) is 17.1. The third-order valence-corrected chi connectivity index (χ3v) is 4.83. The molecule has 0 fully saturated rings. The molecule has 31 heavy (non-hydrogen) atoms. The maximum Gasteiger partial charge on any atom is 0.255 e. The summed E-state index contributed by atoms with van der Waals surface area (Å²) in [6.45, 7) is 0. The number of hydrogen-bond donors (Lipinski definition) is 1. The Morgan fingerprint density at radius 1 is 1.06 bits per heavy atom. The first-order valence-corrected chi connectivity index (χ1v) is 9.71. The van der Waals surface area contributed by atoms with Crippen LogP contribution in [0, 0.1) is 5.82 Å². The molecule has 1 unspecified atom stereocenters. The fourth-order valence-corrected chi connectivity index (χ4v) is 3.22. The van der Waals surface area contributed by atoms with E-state index in [2.05, 4.69) is 15.5 Å². The van der Waals surface area contributed by atoms with Crippen LogP contribution in [-0.4, -0.2) is 23.2 Å². The van der Waals surface area contributed by atoms with Crippen LogP contribution in [0.2, 0.25) is 5.02 Å². The number of nitrogens with zero attached hydrogens (tertiary/aromatic N) is 2. The maximum atomic E-state index is 13.5. The lowest BCUT2D eigenvalue weighted by Crippen LogP contribution is -2.30. The highest BCUT2D eigenvalue weighted by molar-refractivity contribution is 6.30. The fraction of sp³-hybridized carbons (Fsp3) is 0.0870. The molecule has 4 aromatic rings. The van der Waals surface area contributed by atoms with Gasteiger partial charge in [0.2, 0.25) is 11.8 Å². The van der Waals surface area contributed by atoms with Crippen LogP contribution in [0.25, 0.3) is 11.5 Å². The average molecular weight is 438 g/mol. The third-order valence-electron chi connectivity index (χ3n) is 4.60. The largest absolute Gasteiger partial charge is 0.496 e. The molecule has 6 nitrogen and oxygen atoms in total. The topological polar surface area (TPSA) is 77.2 Å². The van der Waals surface area contributed by atoms with E-state index in [9.17, 15) is 9.18 Å². The van der Waals surface area contributed by atoms with E-state index in [1.54, 1.807) is 30.3 Å². The standard InChI is InChI=1S/C23H17ClFN3O3/c1-30-19-13-16(24)9-12-18(19)21(29)26-20(14-7-10-17(25)11-8-14)23-28-27-22(31-23)15-5-3-2-4-6-15/h2-13,20H,1H3,(H,26,29). The monoisotopic (exact) mass is 437 g/mol. The molecule has 0 aliphatic rings. The zero-order valence-electron chi connectivity index (χ0n) is 16.4. The van der Waals surface area contributed by atoms with Crippen LogP contribution >= 0.6 is 11.6 Å². The molecule has 0 spiro atoms. The summed E-state index contributed by atoms with van der Waals surface area (Å²) in [5.41, 5.74) is 1.59. The second-order valence-corrected chi connectivity index (χ2v) is 7.05. The number of carbonyl (C=O) groups is 1. The first kappa shape index (κ1) is 20.6. The summed E-state index contributed by atoms with van der Waals surface area (Å²) in [5, 5.41) is 11.5. The number of methoxy groups -OCH3 is 1. The Hall–Kier alpha value is -3.71. The average Bonchev–Trinajstić information content (AvgIpc) is 3.28. The number of hydrogen-bond acceptors (Lipinski definition) is 5. The van der Waals surface area contributed by atoms with E-state index in [4.69, 9.17) is 20.8 Å². The Balaban J connectivity index is 1.70. The van der Waals surface area contributed by atoms with Crippen LogP contribution in [-0.2, 0) is 0 Å². The first-order chi connectivity index (χ1) is 15.0. The number of ether oxygens (including phenoxy) is 1. The summed E-state index contributed by atoms with van der Waals surface area (Å²) in [6, 6.07) is 18.8. The van der Waals surface area contributed by atoms with Crippen molar-refractivity contribution >= 4 is 17.5 Å². The predicted octanol–water partition coefficient (Wildman–Crippen LogP) is 5.06. The highest BCUT2D eigenvalue weighted by Crippen LogP contribution is 2.28. The molecule has 8 heteroatoms. The van der Waals surface area contributed by atoms with Gasteiger partial charge in [0.1, 0.15) is 17.6 Å². The van der Waals surface area contributed by atoms with Gasteiger partial charge >= 0.3 is 0 Å². The Morgan fingerprint density at radius 3 is 2.52 bits per heavy atom. The van der Waals surface area contributed by atoms with Crippen LogP contribution < -0.4 is 10.1 Å². The van der Waals surface area contributed by atoms with Gasteiger partial charge in [0.25, 0.3) is 5.91 Å². The smallest absolute Gasteiger partial charge is 0.255 e. The van der Waals surface area contributed by atoms with Gasteiger partial charge in [-0.15, -0.1) is 10.2 Å². The van der Waals surface area contributed by atoms with Gasteiger partial charge in [-0.05, 0) is 48.0 Å². The van der Waals surface area contributed by atoms with Crippen molar-refractivity contribution in [1.82, 2.24) is 15.5 Å². The highest BCUT2D eigenvalue weighted by atomic mass is 35.5. The molecule has 4 rings (SSSR count). The summed E-state index contributed by atoms with van der Waals surface area (Å²) in [5.74, 6) is -0.0582. The molecule has 0 saturated carbocycles. The third kappa shape index (κ3) is 4.57. The van der Waals surface area contributed by atoms with Crippen LogP contribution in [0.4, 0.5) is 4.39 Å². The Labute approximate surface area is 182 Å². The van der Waals surface area contributed by atoms with Crippen molar-refractivity contribution in [2.24, 2.45) is 0 Å². The SMILES string of the molecule is COc1cc(Cl)ccc1C(=O)NC(c1ccc(F)cc1)c1nnc(-c2ccccc2)o1. The summed E-state index contributed by atoms with van der Waals surface area (Å²) >= 11 is 5.99. The molecule has 1 heterocycles. The minimum atomic E-state index is -0.807. The Morgan fingerprint density at radius 2 is 1.81 bits per heavy atom. The molecule has 1 aromatic heterocycles. The molecule has 0 saturated heterocycles. The minimum Gasteiger partial charge on any atom is -0.496 e. The molecule has 0 aliphatic carbocycles. The lowest BCUT2D eigenvalue weighted by atomic mass is 10.1. The maximum absolute atomic E-state index is 13.5. The van der Waals surface area contributed by atoms with E-state index in [-0.39, 0.29) is 11.5 Å². The quantitative estimate of drug-likeness (QED) is 0.456. The second-order valence-electron chi connectivity index (χ2n) is 6.61. The molecule has 1 atom stereocenters. The molecular weight excluding hydrogens is 421 g/mol. The van der Waals surface area contributed by atoms with Crippen LogP contribution in [0.15, 0.2) is 77.2 Å². The number of benzene rings is 3. The summed E-state index contributed by atoms with van der Waals surface area (Å²) in [6.07, 6.45) is 0. The normalized spacial score (nSPS) is 11.7. The van der Waals surface area contributed by atoms with Crippen molar-refractivity contribution in [1.29, 1.82) is 0 Å². The summed E-state index contributed by atoms with van der Waals surface area (Å²) < 4.78 is 24.6. The minimum absolute atomic E-state index is 0.159. The van der Waals surface area contributed by atoms with Gasteiger partial charge in [0, 0.05) is 10.6 Å². The number of amides is 1. The highest BCUT2D eigenvalue weighted by Gasteiger charge is 2.25. The molecule has 3 aromatic carbocycles. The van der Waals surface area contributed by atoms with Crippen molar-refractivity contribution in [3.63, 3.8) is 0 Å².